The van der Waals surface area contributed by atoms with Crippen LogP contribution in [0.1, 0.15) is 26.2 Å². The summed E-state index contributed by atoms with van der Waals surface area (Å²) in [5.74, 6) is 0.115. The van der Waals surface area contributed by atoms with Gasteiger partial charge < -0.3 is 5.11 Å². The SMILES string of the molecule is C[C@@](O)(CN1CCC[C@H](N2CCCS2(=O)=O)C1)C(F)(F)F. The molecule has 2 heterocycles. The predicted octanol–water partition coefficient (Wildman–Crippen LogP) is 0.800. The van der Waals surface area contributed by atoms with E-state index >= 15 is 0 Å². The number of piperidine rings is 1. The first-order chi connectivity index (χ1) is 9.53. The Balaban J connectivity index is 2.02. The Morgan fingerprint density at radius 1 is 1.24 bits per heavy atom. The highest BCUT2D eigenvalue weighted by molar-refractivity contribution is 7.89. The van der Waals surface area contributed by atoms with E-state index in [1.807, 2.05) is 0 Å². The van der Waals surface area contributed by atoms with Gasteiger partial charge in [-0.3, -0.25) is 4.90 Å². The third kappa shape index (κ3) is 3.69. The maximum Gasteiger partial charge on any atom is 0.418 e. The number of nitrogens with zero attached hydrogens (tertiary/aromatic N) is 2. The molecule has 0 radical (unpaired) electrons. The molecule has 0 saturated carbocycles. The van der Waals surface area contributed by atoms with Crippen LogP contribution in [0.3, 0.4) is 0 Å². The van der Waals surface area contributed by atoms with Gasteiger partial charge in [0.25, 0.3) is 0 Å². The summed E-state index contributed by atoms with van der Waals surface area (Å²) in [7, 11) is -3.26. The van der Waals surface area contributed by atoms with Crippen molar-refractivity contribution in [2.45, 2.75) is 44.0 Å². The zero-order valence-corrected chi connectivity index (χ0v) is 12.8. The van der Waals surface area contributed by atoms with Crippen molar-refractivity contribution in [3.05, 3.63) is 0 Å². The molecule has 2 fully saturated rings. The van der Waals surface area contributed by atoms with Crippen molar-refractivity contribution in [3.8, 4) is 0 Å². The Labute approximate surface area is 122 Å². The van der Waals surface area contributed by atoms with Crippen LogP contribution in [0.15, 0.2) is 0 Å². The van der Waals surface area contributed by atoms with E-state index in [1.54, 1.807) is 0 Å². The number of alkyl halides is 3. The number of hydrogen-bond acceptors (Lipinski definition) is 4. The highest BCUT2D eigenvalue weighted by Gasteiger charge is 2.51. The Kier molecular flexibility index (Phi) is 4.59. The van der Waals surface area contributed by atoms with Gasteiger partial charge in [0.15, 0.2) is 5.60 Å². The van der Waals surface area contributed by atoms with Crippen molar-refractivity contribution in [1.82, 2.24) is 9.21 Å². The van der Waals surface area contributed by atoms with Gasteiger partial charge in [0.05, 0.1) is 5.75 Å². The van der Waals surface area contributed by atoms with E-state index in [4.69, 9.17) is 0 Å². The van der Waals surface area contributed by atoms with Crippen molar-refractivity contribution < 1.29 is 26.7 Å². The smallest absolute Gasteiger partial charge is 0.380 e. The molecule has 0 bridgehead atoms. The van der Waals surface area contributed by atoms with E-state index < -0.39 is 28.3 Å². The Morgan fingerprint density at radius 2 is 1.90 bits per heavy atom. The number of aliphatic hydroxyl groups is 1. The van der Waals surface area contributed by atoms with E-state index in [2.05, 4.69) is 0 Å². The fraction of sp³-hybridized carbons (Fsp3) is 1.00. The Hall–Kier alpha value is -0.380. The van der Waals surface area contributed by atoms with E-state index in [0.29, 0.717) is 32.4 Å². The van der Waals surface area contributed by atoms with Gasteiger partial charge in [-0.15, -0.1) is 0 Å². The minimum atomic E-state index is -4.69. The summed E-state index contributed by atoms with van der Waals surface area (Å²) in [5, 5.41) is 9.56. The summed E-state index contributed by atoms with van der Waals surface area (Å²) in [6.45, 7) is 1.35. The lowest BCUT2D eigenvalue weighted by Crippen LogP contribution is -2.56. The highest BCUT2D eigenvalue weighted by atomic mass is 32.2. The molecule has 0 aromatic heterocycles. The van der Waals surface area contributed by atoms with Crippen molar-refractivity contribution >= 4 is 10.0 Å². The van der Waals surface area contributed by atoms with E-state index in [0.717, 1.165) is 6.92 Å². The zero-order valence-electron chi connectivity index (χ0n) is 11.9. The quantitative estimate of drug-likeness (QED) is 0.831. The molecule has 0 aliphatic carbocycles. The second kappa shape index (κ2) is 5.68. The second-order valence-electron chi connectivity index (χ2n) is 6.08. The molecule has 2 atom stereocenters. The molecular formula is C12H21F3N2O3S. The molecule has 9 heteroatoms. The molecule has 2 aliphatic heterocycles. The standard InChI is InChI=1S/C12H21F3N2O3S/c1-11(18,12(13,14)15)9-16-5-2-4-10(8-16)17-6-3-7-21(17,19)20/h10,18H,2-9H2,1H3/t10-,11+/m0/s1. The van der Waals surface area contributed by atoms with Gasteiger partial charge in [-0.25, -0.2) is 8.42 Å². The van der Waals surface area contributed by atoms with Gasteiger partial charge in [-0.05, 0) is 32.7 Å². The summed E-state index contributed by atoms with van der Waals surface area (Å²) in [4.78, 5) is 1.51. The molecule has 2 rings (SSSR count). The number of β-amino-alcohol motifs (C(OH)–C–C–N with tert-alkyl or cyclic N) is 1. The highest BCUT2D eigenvalue weighted by Crippen LogP contribution is 2.32. The van der Waals surface area contributed by atoms with Gasteiger partial charge in [0, 0.05) is 25.7 Å². The van der Waals surface area contributed by atoms with Gasteiger partial charge in [-0.2, -0.15) is 17.5 Å². The van der Waals surface area contributed by atoms with Crippen LogP contribution in [-0.2, 0) is 10.0 Å². The van der Waals surface area contributed by atoms with E-state index in [9.17, 15) is 26.7 Å². The summed E-state index contributed by atoms with van der Waals surface area (Å²) in [6.07, 6.45) is -2.84. The fourth-order valence-electron chi connectivity index (χ4n) is 3.00. The van der Waals surface area contributed by atoms with Crippen LogP contribution in [0, 0.1) is 0 Å². The van der Waals surface area contributed by atoms with Crippen molar-refractivity contribution in [2.75, 3.05) is 31.9 Å². The Bertz CT molecular complexity index is 479. The van der Waals surface area contributed by atoms with Crippen molar-refractivity contribution in [1.29, 1.82) is 0 Å². The van der Waals surface area contributed by atoms with Crippen LogP contribution in [0.4, 0.5) is 13.2 Å². The monoisotopic (exact) mass is 330 g/mol. The number of rotatable bonds is 3. The molecule has 2 saturated heterocycles. The molecular weight excluding hydrogens is 309 g/mol. The molecule has 1 N–H and O–H groups in total. The molecule has 5 nitrogen and oxygen atoms in total. The molecule has 0 amide bonds. The van der Waals surface area contributed by atoms with Gasteiger partial charge in [-0.1, -0.05) is 0 Å². The van der Waals surface area contributed by atoms with Crippen molar-refractivity contribution in [2.24, 2.45) is 0 Å². The van der Waals surface area contributed by atoms with E-state index in [1.165, 1.54) is 9.21 Å². The first kappa shape index (κ1) is 17.0. The van der Waals surface area contributed by atoms with Crippen LogP contribution in [0.25, 0.3) is 0 Å². The molecule has 0 unspecified atom stereocenters. The maximum absolute atomic E-state index is 12.7. The number of hydrogen-bond donors (Lipinski definition) is 1. The lowest BCUT2D eigenvalue weighted by Gasteiger charge is -2.40. The largest absolute Gasteiger partial charge is 0.418 e. The number of sulfonamides is 1. The summed E-state index contributed by atoms with van der Waals surface area (Å²) < 4.78 is 63.4. The molecule has 2 aliphatic rings. The van der Waals surface area contributed by atoms with Gasteiger partial charge >= 0.3 is 6.18 Å². The number of halogens is 3. The fourth-order valence-corrected chi connectivity index (χ4v) is 4.77. The average molecular weight is 330 g/mol. The molecule has 0 aromatic rings. The van der Waals surface area contributed by atoms with Crippen molar-refractivity contribution in [3.63, 3.8) is 0 Å². The summed E-state index contributed by atoms with van der Waals surface area (Å²) in [6, 6.07) is -0.282. The Morgan fingerprint density at radius 3 is 2.43 bits per heavy atom. The lowest BCUT2D eigenvalue weighted by atomic mass is 10.0. The van der Waals surface area contributed by atoms with Gasteiger partial charge in [0.2, 0.25) is 10.0 Å². The third-order valence-corrected chi connectivity index (χ3v) is 6.17. The maximum atomic E-state index is 12.7. The minimum absolute atomic E-state index is 0.115. The predicted molar refractivity (Wildman–Crippen MR) is 71.3 cm³/mol. The molecule has 0 aromatic carbocycles. The minimum Gasteiger partial charge on any atom is -0.380 e. The number of likely N-dealkylation sites (tertiary alicyclic amines) is 1. The molecule has 0 spiro atoms. The topological polar surface area (TPSA) is 60.9 Å². The average Bonchev–Trinajstić information content (AvgIpc) is 2.67. The first-order valence-electron chi connectivity index (χ1n) is 7.04. The zero-order chi connectivity index (χ0) is 15.9. The summed E-state index contributed by atoms with van der Waals surface area (Å²) >= 11 is 0. The van der Waals surface area contributed by atoms with Crippen LogP contribution in [0.2, 0.25) is 0 Å². The molecule has 21 heavy (non-hydrogen) atoms. The van der Waals surface area contributed by atoms with Crippen LogP contribution in [0.5, 0.6) is 0 Å². The first-order valence-corrected chi connectivity index (χ1v) is 8.65. The van der Waals surface area contributed by atoms with Crippen LogP contribution in [-0.4, -0.2) is 72.5 Å². The van der Waals surface area contributed by atoms with Crippen LogP contribution >= 0.6 is 0 Å². The lowest BCUT2D eigenvalue weighted by molar-refractivity contribution is -0.258. The summed E-state index contributed by atoms with van der Waals surface area (Å²) in [5.41, 5.74) is -2.78. The molecule has 124 valence electrons. The third-order valence-electron chi connectivity index (χ3n) is 4.17. The van der Waals surface area contributed by atoms with E-state index in [-0.39, 0.29) is 18.3 Å². The second-order valence-corrected chi connectivity index (χ2v) is 8.12. The van der Waals surface area contributed by atoms with Crippen LogP contribution < -0.4 is 0 Å². The van der Waals surface area contributed by atoms with Gasteiger partial charge in [0.1, 0.15) is 0 Å². The normalized spacial score (nSPS) is 31.2.